The normalized spacial score (nSPS) is 53.0. The second-order valence-corrected chi connectivity index (χ2v) is 17.4. The SMILES string of the molecule is CO[C@H]1[C@@H](O)[C@]2(C)CC[C@]3(C)C(=CC[C@@H]4[C@@]5(C)CCC6OC(c7ccccc7)OC[C@@]6(C)C5CC[C@]43C)[C@H]2CC1(C)C. The van der Waals surface area contributed by atoms with Crippen molar-refractivity contribution in [1.82, 2.24) is 0 Å². The third-order valence-corrected chi connectivity index (χ3v) is 15.2. The topological polar surface area (TPSA) is 47.9 Å². The molecule has 4 heteroatoms. The molecule has 3 unspecified atom stereocenters. The highest BCUT2D eigenvalue weighted by Gasteiger charge is 2.70. The van der Waals surface area contributed by atoms with Crippen LogP contribution in [0.5, 0.6) is 0 Å². The largest absolute Gasteiger partial charge is 0.390 e. The predicted molar refractivity (Wildman–Crippen MR) is 167 cm³/mol. The second-order valence-electron chi connectivity index (χ2n) is 17.4. The molecule has 1 aromatic carbocycles. The molecule has 0 spiro atoms. The number of ether oxygens (including phenoxy) is 3. The van der Waals surface area contributed by atoms with Crippen molar-refractivity contribution >= 4 is 0 Å². The van der Waals surface area contributed by atoms with E-state index in [4.69, 9.17) is 14.2 Å². The molecule has 0 amide bonds. The molecule has 1 aliphatic heterocycles. The lowest BCUT2D eigenvalue weighted by atomic mass is 9.33. The van der Waals surface area contributed by atoms with E-state index in [0.717, 1.165) is 31.4 Å². The lowest BCUT2D eigenvalue weighted by Crippen LogP contribution is -2.68. The zero-order chi connectivity index (χ0) is 29.9. The number of hydrogen-bond acceptors (Lipinski definition) is 4. The fourth-order valence-electron chi connectivity index (χ4n) is 12.5. The van der Waals surface area contributed by atoms with Gasteiger partial charge in [-0.2, -0.15) is 0 Å². The molecule has 0 radical (unpaired) electrons. The fraction of sp³-hybridized carbons (Fsp3) is 0.789. The van der Waals surface area contributed by atoms with Crippen LogP contribution in [-0.4, -0.2) is 37.1 Å². The van der Waals surface area contributed by atoms with Gasteiger partial charge in [-0.3, -0.25) is 0 Å². The van der Waals surface area contributed by atoms with E-state index >= 15 is 0 Å². The van der Waals surface area contributed by atoms with E-state index in [0.29, 0.717) is 17.8 Å². The molecule has 6 aliphatic rings. The zero-order valence-electron chi connectivity index (χ0n) is 27.5. The maximum absolute atomic E-state index is 11.8. The van der Waals surface area contributed by atoms with Crippen LogP contribution in [0.3, 0.4) is 0 Å². The minimum atomic E-state index is -0.429. The van der Waals surface area contributed by atoms with E-state index in [2.05, 4.69) is 84.9 Å². The van der Waals surface area contributed by atoms with Crippen LogP contribution >= 0.6 is 0 Å². The molecule has 5 fully saturated rings. The number of allylic oxidation sites excluding steroid dienone is 2. The molecular formula is C38H56O4. The molecule has 1 heterocycles. The molecule has 5 aliphatic carbocycles. The number of hydrogen-bond donors (Lipinski definition) is 1. The van der Waals surface area contributed by atoms with Gasteiger partial charge >= 0.3 is 0 Å². The lowest BCUT2D eigenvalue weighted by Gasteiger charge is -2.72. The summed E-state index contributed by atoms with van der Waals surface area (Å²) in [5.74, 6) is 1.67. The van der Waals surface area contributed by atoms with Gasteiger partial charge in [0.05, 0.1) is 24.9 Å². The van der Waals surface area contributed by atoms with Gasteiger partial charge in [-0.1, -0.05) is 90.4 Å². The number of benzene rings is 1. The monoisotopic (exact) mass is 576 g/mol. The molecule has 0 aromatic heterocycles. The van der Waals surface area contributed by atoms with Crippen molar-refractivity contribution in [2.45, 2.75) is 124 Å². The van der Waals surface area contributed by atoms with Crippen LogP contribution in [0, 0.1) is 50.2 Å². The molecule has 1 N–H and O–H groups in total. The predicted octanol–water partition coefficient (Wildman–Crippen LogP) is 8.50. The van der Waals surface area contributed by atoms with Crippen molar-refractivity contribution in [3.8, 4) is 0 Å². The Morgan fingerprint density at radius 2 is 1.57 bits per heavy atom. The Labute approximate surface area is 255 Å². The number of rotatable bonds is 2. The van der Waals surface area contributed by atoms with E-state index in [1.807, 2.05) is 0 Å². The summed E-state index contributed by atoms with van der Waals surface area (Å²) >= 11 is 0. The Hall–Kier alpha value is -1.20. The molecule has 4 nitrogen and oxygen atoms in total. The van der Waals surface area contributed by atoms with Gasteiger partial charge in [-0.25, -0.2) is 0 Å². The van der Waals surface area contributed by atoms with Gasteiger partial charge in [0, 0.05) is 23.5 Å². The Kier molecular flexibility index (Phi) is 6.61. The standard InChI is InChI=1S/C38H56O4/c1-33(2)22-26-25-14-15-28-35(4)18-17-29-36(5,23-41-32(42-29)24-12-10-9-11-13-24)27(35)16-19-38(28,7)37(25,6)21-20-34(26,3)30(39)31(33)40-8/h9-14,26-32,39H,15-23H2,1-8H3/t26-,27?,28-,29?,30-,31+,32?,34-,35+,36+,37-,38-/m1/s1. The van der Waals surface area contributed by atoms with Crippen LogP contribution in [0.25, 0.3) is 0 Å². The summed E-state index contributed by atoms with van der Waals surface area (Å²) in [5, 5.41) is 11.8. The van der Waals surface area contributed by atoms with Gasteiger partial charge < -0.3 is 19.3 Å². The van der Waals surface area contributed by atoms with Gasteiger partial charge in [0.15, 0.2) is 6.29 Å². The molecule has 1 saturated heterocycles. The van der Waals surface area contributed by atoms with E-state index in [1.54, 1.807) is 12.7 Å². The average Bonchev–Trinajstić information content (AvgIpc) is 2.95. The van der Waals surface area contributed by atoms with Crippen molar-refractivity contribution in [3.63, 3.8) is 0 Å². The number of aliphatic hydroxyl groups excluding tert-OH is 1. The minimum absolute atomic E-state index is 0.0440. The first-order chi connectivity index (χ1) is 19.7. The van der Waals surface area contributed by atoms with Crippen LogP contribution < -0.4 is 0 Å². The quantitative estimate of drug-likeness (QED) is 0.359. The lowest BCUT2D eigenvalue weighted by molar-refractivity contribution is -0.318. The molecule has 7 rings (SSSR count). The summed E-state index contributed by atoms with van der Waals surface area (Å²) in [7, 11) is 1.79. The van der Waals surface area contributed by atoms with Gasteiger partial charge in [-0.15, -0.1) is 0 Å². The molecule has 42 heavy (non-hydrogen) atoms. The number of aliphatic hydroxyl groups is 1. The van der Waals surface area contributed by atoms with Gasteiger partial charge in [0.1, 0.15) is 0 Å². The molecule has 12 atom stereocenters. The highest BCUT2D eigenvalue weighted by Crippen LogP contribution is 2.76. The first-order valence-electron chi connectivity index (χ1n) is 17.0. The van der Waals surface area contributed by atoms with E-state index < -0.39 is 6.10 Å². The second kappa shape index (κ2) is 9.41. The van der Waals surface area contributed by atoms with Crippen molar-refractivity contribution in [2.75, 3.05) is 13.7 Å². The van der Waals surface area contributed by atoms with Crippen molar-refractivity contribution < 1.29 is 19.3 Å². The highest BCUT2D eigenvalue weighted by atomic mass is 16.7. The molecule has 4 saturated carbocycles. The number of methoxy groups -OCH3 is 1. The van der Waals surface area contributed by atoms with Crippen LogP contribution in [-0.2, 0) is 14.2 Å². The van der Waals surface area contributed by atoms with Gasteiger partial charge in [0.25, 0.3) is 0 Å². The first-order valence-corrected chi connectivity index (χ1v) is 17.0. The fourth-order valence-corrected chi connectivity index (χ4v) is 12.5. The first kappa shape index (κ1) is 29.5. The van der Waals surface area contributed by atoms with Gasteiger partial charge in [-0.05, 0) is 90.8 Å². The Morgan fingerprint density at radius 1 is 0.833 bits per heavy atom. The van der Waals surface area contributed by atoms with Crippen LogP contribution in [0.4, 0.5) is 0 Å². The van der Waals surface area contributed by atoms with Gasteiger partial charge in [0.2, 0.25) is 0 Å². The summed E-state index contributed by atoms with van der Waals surface area (Å²) in [6.07, 6.45) is 11.6. The minimum Gasteiger partial charge on any atom is -0.390 e. The third kappa shape index (κ3) is 3.68. The van der Waals surface area contributed by atoms with E-state index in [9.17, 15) is 5.11 Å². The molecular weight excluding hydrogens is 520 g/mol. The summed E-state index contributed by atoms with van der Waals surface area (Å²) < 4.78 is 19.3. The molecule has 1 aromatic rings. The van der Waals surface area contributed by atoms with Crippen molar-refractivity contribution in [3.05, 3.63) is 47.5 Å². The summed E-state index contributed by atoms with van der Waals surface area (Å²) in [6.45, 7) is 18.2. The van der Waals surface area contributed by atoms with Crippen LogP contribution in [0.1, 0.15) is 112 Å². The zero-order valence-corrected chi connectivity index (χ0v) is 27.5. The van der Waals surface area contributed by atoms with E-state index in [-0.39, 0.29) is 51.0 Å². The summed E-state index contributed by atoms with van der Waals surface area (Å²) in [4.78, 5) is 0. The van der Waals surface area contributed by atoms with Crippen molar-refractivity contribution in [2.24, 2.45) is 50.2 Å². The highest BCUT2D eigenvalue weighted by molar-refractivity contribution is 5.35. The number of fused-ring (bicyclic) bond motifs is 9. The Morgan fingerprint density at radius 3 is 2.29 bits per heavy atom. The molecule has 0 bridgehead atoms. The van der Waals surface area contributed by atoms with Crippen LogP contribution in [0.15, 0.2) is 42.0 Å². The van der Waals surface area contributed by atoms with Crippen LogP contribution in [0.2, 0.25) is 0 Å². The Bertz CT molecular complexity index is 1240. The maximum atomic E-state index is 11.8. The van der Waals surface area contributed by atoms with Crippen molar-refractivity contribution in [1.29, 1.82) is 0 Å². The third-order valence-electron chi connectivity index (χ3n) is 15.2. The summed E-state index contributed by atoms with van der Waals surface area (Å²) in [6, 6.07) is 10.5. The molecule has 232 valence electrons. The maximum Gasteiger partial charge on any atom is 0.184 e. The van der Waals surface area contributed by atoms with E-state index in [1.165, 1.54) is 32.1 Å². The Balaban J connectivity index is 1.21. The summed E-state index contributed by atoms with van der Waals surface area (Å²) in [5.41, 5.74) is 3.37. The average molecular weight is 577 g/mol. The smallest absolute Gasteiger partial charge is 0.184 e.